The fourth-order valence-electron chi connectivity index (χ4n) is 1.95. The number of furan rings is 1. The number of carbonyl (C=O) groups excluding carboxylic acids is 1. The highest BCUT2D eigenvalue weighted by atomic mass is 79.9. The lowest BCUT2D eigenvalue weighted by atomic mass is 10.2. The minimum absolute atomic E-state index is 0.0280. The molecule has 0 bridgehead atoms. The summed E-state index contributed by atoms with van der Waals surface area (Å²) in [6.45, 7) is 1.89. The van der Waals surface area contributed by atoms with Gasteiger partial charge in [-0.2, -0.15) is 5.26 Å². The highest BCUT2D eigenvalue weighted by molar-refractivity contribution is 9.10. The maximum Gasteiger partial charge on any atom is 0.266 e. The van der Waals surface area contributed by atoms with Crippen LogP contribution in [0.1, 0.15) is 11.3 Å². The fraction of sp³-hybridized carbons (Fsp3) is 0.176. The second-order valence-corrected chi connectivity index (χ2v) is 5.99. The molecular weight excluding hydrogens is 358 g/mol. The summed E-state index contributed by atoms with van der Waals surface area (Å²) in [6, 6.07) is 11.0. The first-order chi connectivity index (χ1) is 10.9. The van der Waals surface area contributed by atoms with E-state index in [4.69, 9.17) is 4.42 Å². The van der Waals surface area contributed by atoms with Crippen molar-refractivity contribution in [1.29, 1.82) is 5.26 Å². The largest absolute Gasteiger partial charge is 0.440 e. The quantitative estimate of drug-likeness (QED) is 0.650. The zero-order valence-corrected chi connectivity index (χ0v) is 14.6. The number of aryl methyl sites for hydroxylation is 1. The van der Waals surface area contributed by atoms with Crippen LogP contribution in [0.4, 0.5) is 11.6 Å². The Bertz CT molecular complexity index is 800. The summed E-state index contributed by atoms with van der Waals surface area (Å²) < 4.78 is 6.36. The summed E-state index contributed by atoms with van der Waals surface area (Å²) in [6.07, 6.45) is 1.42. The molecule has 118 valence electrons. The van der Waals surface area contributed by atoms with E-state index in [-0.39, 0.29) is 5.57 Å². The summed E-state index contributed by atoms with van der Waals surface area (Å²) in [5, 5.41) is 12.0. The van der Waals surface area contributed by atoms with E-state index >= 15 is 0 Å². The number of halogens is 1. The van der Waals surface area contributed by atoms with E-state index in [1.807, 2.05) is 45.3 Å². The van der Waals surface area contributed by atoms with Gasteiger partial charge in [0.25, 0.3) is 5.91 Å². The van der Waals surface area contributed by atoms with Gasteiger partial charge in [0, 0.05) is 31.9 Å². The van der Waals surface area contributed by atoms with Crippen LogP contribution < -0.4 is 10.2 Å². The van der Waals surface area contributed by atoms with E-state index in [1.54, 1.807) is 17.0 Å². The number of amides is 1. The van der Waals surface area contributed by atoms with Crippen LogP contribution in [0.5, 0.6) is 0 Å². The molecule has 1 N–H and O–H groups in total. The van der Waals surface area contributed by atoms with Crippen molar-refractivity contribution in [3.05, 3.63) is 51.7 Å². The third-order valence-electron chi connectivity index (χ3n) is 3.14. The molecule has 0 radical (unpaired) electrons. The molecule has 0 aliphatic rings. The maximum absolute atomic E-state index is 12.3. The van der Waals surface area contributed by atoms with Gasteiger partial charge in [-0.3, -0.25) is 4.79 Å². The van der Waals surface area contributed by atoms with E-state index in [9.17, 15) is 10.1 Å². The van der Waals surface area contributed by atoms with Gasteiger partial charge in [0.2, 0.25) is 5.88 Å². The van der Waals surface area contributed by atoms with E-state index < -0.39 is 5.91 Å². The van der Waals surface area contributed by atoms with E-state index in [2.05, 4.69) is 21.2 Å². The Hall–Kier alpha value is -2.52. The molecule has 1 heterocycles. The van der Waals surface area contributed by atoms with Gasteiger partial charge in [-0.25, -0.2) is 0 Å². The smallest absolute Gasteiger partial charge is 0.266 e. The Morgan fingerprint density at radius 2 is 2.09 bits per heavy atom. The first kappa shape index (κ1) is 16.8. The Morgan fingerprint density at radius 3 is 2.65 bits per heavy atom. The highest BCUT2D eigenvalue weighted by Crippen LogP contribution is 2.30. The van der Waals surface area contributed by atoms with Crippen molar-refractivity contribution in [2.45, 2.75) is 6.92 Å². The number of hydrogen-bond acceptors (Lipinski definition) is 4. The van der Waals surface area contributed by atoms with E-state index in [1.165, 1.54) is 6.08 Å². The monoisotopic (exact) mass is 373 g/mol. The average Bonchev–Trinajstić information content (AvgIpc) is 2.88. The van der Waals surface area contributed by atoms with Gasteiger partial charge in [0.05, 0.1) is 4.47 Å². The van der Waals surface area contributed by atoms with Crippen LogP contribution in [-0.4, -0.2) is 20.0 Å². The predicted octanol–water partition coefficient (Wildman–Crippen LogP) is 3.96. The van der Waals surface area contributed by atoms with Gasteiger partial charge in [0.15, 0.2) is 0 Å². The van der Waals surface area contributed by atoms with Crippen molar-refractivity contribution in [2.75, 3.05) is 24.3 Å². The average molecular weight is 374 g/mol. The molecule has 0 aliphatic carbocycles. The molecule has 6 heteroatoms. The Kier molecular flexibility index (Phi) is 5.24. The normalized spacial score (nSPS) is 11.0. The molecular formula is C17H16BrN3O2. The molecule has 0 aliphatic heterocycles. The van der Waals surface area contributed by atoms with Crippen LogP contribution in [0.25, 0.3) is 6.08 Å². The number of para-hydroxylation sites is 1. The van der Waals surface area contributed by atoms with Crippen LogP contribution >= 0.6 is 15.9 Å². The molecule has 0 saturated heterocycles. The molecule has 1 aromatic heterocycles. The SMILES string of the molecule is Cc1ccccc1NC(=O)C(C#N)=Cc1cc(Br)c(N(C)C)o1. The highest BCUT2D eigenvalue weighted by Gasteiger charge is 2.14. The van der Waals surface area contributed by atoms with Crippen molar-refractivity contribution in [3.63, 3.8) is 0 Å². The van der Waals surface area contributed by atoms with Crippen LogP contribution in [0.2, 0.25) is 0 Å². The number of nitrogens with one attached hydrogen (secondary N) is 1. The van der Waals surface area contributed by atoms with Crippen molar-refractivity contribution in [1.82, 2.24) is 0 Å². The van der Waals surface area contributed by atoms with Crippen LogP contribution in [0.3, 0.4) is 0 Å². The van der Waals surface area contributed by atoms with Crippen molar-refractivity contribution in [3.8, 4) is 6.07 Å². The Labute approximate surface area is 143 Å². The molecule has 2 aromatic rings. The number of benzene rings is 1. The van der Waals surface area contributed by atoms with Gasteiger partial charge >= 0.3 is 0 Å². The lowest BCUT2D eigenvalue weighted by molar-refractivity contribution is -0.112. The minimum atomic E-state index is -0.472. The molecule has 0 fully saturated rings. The maximum atomic E-state index is 12.3. The molecule has 2 rings (SSSR count). The topological polar surface area (TPSA) is 69.3 Å². The summed E-state index contributed by atoms with van der Waals surface area (Å²) in [4.78, 5) is 14.1. The van der Waals surface area contributed by atoms with Crippen LogP contribution in [0.15, 0.2) is 44.8 Å². The first-order valence-corrected chi connectivity index (χ1v) is 7.67. The summed E-state index contributed by atoms with van der Waals surface area (Å²) >= 11 is 3.38. The minimum Gasteiger partial charge on any atom is -0.440 e. The first-order valence-electron chi connectivity index (χ1n) is 6.88. The van der Waals surface area contributed by atoms with Crippen molar-refractivity contribution >= 4 is 39.5 Å². The van der Waals surface area contributed by atoms with Crippen LogP contribution in [0, 0.1) is 18.3 Å². The molecule has 0 spiro atoms. The lowest BCUT2D eigenvalue weighted by Gasteiger charge is -2.08. The molecule has 1 aromatic carbocycles. The second kappa shape index (κ2) is 7.16. The molecule has 0 atom stereocenters. The molecule has 1 amide bonds. The van der Waals surface area contributed by atoms with Crippen molar-refractivity contribution < 1.29 is 9.21 Å². The summed E-state index contributed by atoms with van der Waals surface area (Å²) in [5.41, 5.74) is 1.57. The van der Waals surface area contributed by atoms with Crippen molar-refractivity contribution in [2.24, 2.45) is 0 Å². The Balaban J connectivity index is 2.25. The zero-order chi connectivity index (χ0) is 17.0. The Morgan fingerprint density at radius 1 is 1.39 bits per heavy atom. The van der Waals surface area contributed by atoms with Gasteiger partial charge in [-0.05, 0) is 34.5 Å². The molecule has 0 unspecified atom stereocenters. The third kappa shape index (κ3) is 4.02. The number of nitrogens with zero attached hydrogens (tertiary/aromatic N) is 2. The van der Waals surface area contributed by atoms with Gasteiger partial charge in [0.1, 0.15) is 17.4 Å². The summed E-state index contributed by atoms with van der Waals surface area (Å²) in [7, 11) is 3.68. The fourth-order valence-corrected chi connectivity index (χ4v) is 2.61. The standard InChI is InChI=1S/C17H16BrN3O2/c1-11-6-4-5-7-15(11)20-16(22)12(10-19)8-13-9-14(18)17(23-13)21(2)3/h4-9H,1-3H3,(H,20,22). The number of anilines is 2. The van der Waals surface area contributed by atoms with E-state index in [0.717, 1.165) is 10.0 Å². The number of carbonyl (C=O) groups is 1. The third-order valence-corrected chi connectivity index (χ3v) is 3.71. The van der Waals surface area contributed by atoms with E-state index in [0.29, 0.717) is 17.3 Å². The number of hydrogen-bond donors (Lipinski definition) is 1. The molecule has 0 saturated carbocycles. The van der Waals surface area contributed by atoms with Gasteiger partial charge in [-0.15, -0.1) is 0 Å². The predicted molar refractivity (Wildman–Crippen MR) is 94.1 cm³/mol. The van der Waals surface area contributed by atoms with Gasteiger partial charge < -0.3 is 14.6 Å². The van der Waals surface area contributed by atoms with Crippen LogP contribution in [-0.2, 0) is 4.79 Å². The summed E-state index contributed by atoms with van der Waals surface area (Å²) in [5.74, 6) is 0.575. The van der Waals surface area contributed by atoms with Gasteiger partial charge in [-0.1, -0.05) is 18.2 Å². The number of rotatable bonds is 4. The lowest BCUT2D eigenvalue weighted by Crippen LogP contribution is -2.14. The molecule has 5 nitrogen and oxygen atoms in total. The second-order valence-electron chi connectivity index (χ2n) is 5.14. The zero-order valence-electron chi connectivity index (χ0n) is 13.1. The molecule has 23 heavy (non-hydrogen) atoms. The number of nitriles is 1.